The lowest BCUT2D eigenvalue weighted by molar-refractivity contribution is -0.133. The summed E-state index contributed by atoms with van der Waals surface area (Å²) in [6.45, 7) is 6.66. The van der Waals surface area contributed by atoms with Crippen LogP contribution in [-0.2, 0) is 17.8 Å². The lowest BCUT2D eigenvalue weighted by atomic mass is 9.98. The first-order valence-corrected chi connectivity index (χ1v) is 9.56. The highest BCUT2D eigenvalue weighted by Crippen LogP contribution is 2.33. The van der Waals surface area contributed by atoms with Crippen LogP contribution in [0.4, 0.5) is 0 Å². The predicted octanol–water partition coefficient (Wildman–Crippen LogP) is 2.90. The minimum atomic E-state index is -0.141. The van der Waals surface area contributed by atoms with Crippen LogP contribution in [0.1, 0.15) is 59.9 Å². The summed E-state index contributed by atoms with van der Waals surface area (Å²) in [5, 5.41) is 3.35. The van der Waals surface area contributed by atoms with E-state index < -0.39 is 0 Å². The van der Waals surface area contributed by atoms with E-state index in [1.807, 2.05) is 18.0 Å². The zero-order valence-electron chi connectivity index (χ0n) is 15.5. The van der Waals surface area contributed by atoms with Crippen molar-refractivity contribution in [3.05, 3.63) is 58.7 Å². The lowest BCUT2D eigenvalue weighted by Gasteiger charge is -2.27. The van der Waals surface area contributed by atoms with Gasteiger partial charge in [0.25, 0.3) is 0 Å². The zero-order chi connectivity index (χ0) is 18.1. The fourth-order valence-electron chi connectivity index (χ4n) is 3.96. The van der Waals surface area contributed by atoms with Gasteiger partial charge in [0.05, 0.1) is 12.0 Å². The van der Waals surface area contributed by atoms with E-state index >= 15 is 0 Å². The first-order valence-electron chi connectivity index (χ1n) is 9.56. The molecule has 3 heterocycles. The lowest BCUT2D eigenvalue weighted by Crippen LogP contribution is -2.35. The fourth-order valence-corrected chi connectivity index (χ4v) is 3.96. The number of aryl methyl sites for hydroxylation is 1. The van der Waals surface area contributed by atoms with Crippen LogP contribution in [-0.4, -0.2) is 33.9 Å². The highest BCUT2D eigenvalue weighted by atomic mass is 16.2. The van der Waals surface area contributed by atoms with Crippen molar-refractivity contribution in [2.24, 2.45) is 0 Å². The zero-order valence-corrected chi connectivity index (χ0v) is 15.5. The molecule has 0 radical (unpaired) electrons. The fraction of sp³-hybridized carbons (Fsp3) is 0.476. The molecule has 2 atom stereocenters. The molecule has 5 heteroatoms. The monoisotopic (exact) mass is 350 g/mol. The number of nitrogens with zero attached hydrogens (tertiary/aromatic N) is 3. The van der Waals surface area contributed by atoms with E-state index in [0.717, 1.165) is 56.0 Å². The molecule has 0 bridgehead atoms. The minimum Gasteiger partial charge on any atom is -0.332 e. The molecule has 0 saturated carbocycles. The van der Waals surface area contributed by atoms with Crippen molar-refractivity contribution in [1.29, 1.82) is 0 Å². The standard InChI is InChI=1S/C21H26N4O/c1-14-5-7-16(8-6-14)15(2)21(26)25-11-3-4-19(25)20-23-13-17-12-22-10-9-18(17)24-20/h5-8,13,15,19,22H,3-4,9-12H2,1-2H3/t15-,19-/m0/s1. The van der Waals surface area contributed by atoms with E-state index in [2.05, 4.69) is 41.5 Å². The van der Waals surface area contributed by atoms with Crippen molar-refractivity contribution in [3.63, 3.8) is 0 Å². The number of fused-ring (bicyclic) bond motifs is 1. The molecule has 1 fully saturated rings. The van der Waals surface area contributed by atoms with Gasteiger partial charge in [0.2, 0.25) is 5.91 Å². The number of rotatable bonds is 3. The number of benzene rings is 1. The molecule has 1 aromatic heterocycles. The third-order valence-corrected chi connectivity index (χ3v) is 5.61. The highest BCUT2D eigenvalue weighted by molar-refractivity contribution is 5.84. The molecule has 5 nitrogen and oxygen atoms in total. The maximum Gasteiger partial charge on any atom is 0.230 e. The van der Waals surface area contributed by atoms with Gasteiger partial charge >= 0.3 is 0 Å². The van der Waals surface area contributed by atoms with Gasteiger partial charge in [-0.05, 0) is 32.3 Å². The van der Waals surface area contributed by atoms with Crippen molar-refractivity contribution in [1.82, 2.24) is 20.2 Å². The maximum absolute atomic E-state index is 13.2. The maximum atomic E-state index is 13.2. The molecule has 136 valence electrons. The number of aromatic nitrogens is 2. The summed E-state index contributed by atoms with van der Waals surface area (Å²) in [6, 6.07) is 8.27. The molecule has 2 aliphatic rings. The highest BCUT2D eigenvalue weighted by Gasteiger charge is 2.34. The summed E-state index contributed by atoms with van der Waals surface area (Å²) < 4.78 is 0. The molecule has 1 saturated heterocycles. The molecule has 0 aliphatic carbocycles. The molecule has 26 heavy (non-hydrogen) atoms. The van der Waals surface area contributed by atoms with Gasteiger partial charge in [0.15, 0.2) is 5.82 Å². The molecular formula is C21H26N4O. The van der Waals surface area contributed by atoms with E-state index in [9.17, 15) is 4.79 Å². The van der Waals surface area contributed by atoms with Gasteiger partial charge in [0.1, 0.15) is 0 Å². The van der Waals surface area contributed by atoms with Gasteiger partial charge in [-0.2, -0.15) is 0 Å². The summed E-state index contributed by atoms with van der Waals surface area (Å²) in [7, 11) is 0. The molecular weight excluding hydrogens is 324 g/mol. The molecule has 4 rings (SSSR count). The molecule has 2 aromatic rings. The summed E-state index contributed by atoms with van der Waals surface area (Å²) in [6.07, 6.45) is 4.84. The Kier molecular flexibility index (Phi) is 4.72. The Morgan fingerprint density at radius 2 is 2.12 bits per heavy atom. The Hall–Kier alpha value is -2.27. The average Bonchev–Trinajstić information content (AvgIpc) is 3.17. The first-order chi connectivity index (χ1) is 12.6. The minimum absolute atomic E-state index is 0.00980. The molecule has 1 N–H and O–H groups in total. The predicted molar refractivity (Wildman–Crippen MR) is 101 cm³/mol. The van der Waals surface area contributed by atoms with E-state index in [1.165, 1.54) is 11.1 Å². The average molecular weight is 350 g/mol. The second-order valence-corrected chi connectivity index (χ2v) is 7.45. The number of carbonyl (C=O) groups is 1. The van der Waals surface area contributed by atoms with Crippen LogP contribution < -0.4 is 5.32 Å². The number of amides is 1. The SMILES string of the molecule is Cc1ccc([C@H](C)C(=O)N2CCC[C@H]2c2ncc3c(n2)CCNC3)cc1. The summed E-state index contributed by atoms with van der Waals surface area (Å²) in [4.78, 5) is 24.6. The van der Waals surface area contributed by atoms with Crippen molar-refractivity contribution >= 4 is 5.91 Å². The first kappa shape index (κ1) is 17.2. The Labute approximate surface area is 154 Å². The molecule has 1 amide bonds. The van der Waals surface area contributed by atoms with Crippen LogP contribution in [0.15, 0.2) is 30.5 Å². The number of nitrogens with one attached hydrogen (secondary N) is 1. The second-order valence-electron chi connectivity index (χ2n) is 7.45. The summed E-state index contributed by atoms with van der Waals surface area (Å²) >= 11 is 0. The van der Waals surface area contributed by atoms with Crippen LogP contribution in [0.3, 0.4) is 0 Å². The van der Waals surface area contributed by atoms with Crippen LogP contribution in [0.2, 0.25) is 0 Å². The smallest absolute Gasteiger partial charge is 0.230 e. The van der Waals surface area contributed by atoms with E-state index in [0.29, 0.717) is 0 Å². The van der Waals surface area contributed by atoms with Crippen molar-refractivity contribution < 1.29 is 4.79 Å². The van der Waals surface area contributed by atoms with Crippen LogP contribution >= 0.6 is 0 Å². The van der Waals surface area contributed by atoms with Gasteiger partial charge in [-0.25, -0.2) is 9.97 Å². The van der Waals surface area contributed by atoms with Crippen molar-refractivity contribution in [3.8, 4) is 0 Å². The summed E-state index contributed by atoms with van der Waals surface area (Å²) in [5.41, 5.74) is 4.61. The second kappa shape index (κ2) is 7.16. The quantitative estimate of drug-likeness (QED) is 0.925. The third kappa shape index (κ3) is 3.23. The Morgan fingerprint density at radius 1 is 1.31 bits per heavy atom. The van der Waals surface area contributed by atoms with Gasteiger partial charge < -0.3 is 10.2 Å². The Balaban J connectivity index is 1.56. The number of carbonyl (C=O) groups excluding carboxylic acids is 1. The van der Waals surface area contributed by atoms with Crippen LogP contribution in [0.5, 0.6) is 0 Å². The van der Waals surface area contributed by atoms with Gasteiger partial charge in [-0.15, -0.1) is 0 Å². The Bertz CT molecular complexity index is 802. The van der Waals surface area contributed by atoms with E-state index in [1.54, 1.807) is 0 Å². The van der Waals surface area contributed by atoms with E-state index in [-0.39, 0.29) is 17.9 Å². The van der Waals surface area contributed by atoms with Crippen molar-refractivity contribution in [2.75, 3.05) is 13.1 Å². The molecule has 0 spiro atoms. The van der Waals surface area contributed by atoms with E-state index in [4.69, 9.17) is 4.98 Å². The summed E-state index contributed by atoms with van der Waals surface area (Å²) in [5.74, 6) is 0.852. The topological polar surface area (TPSA) is 58.1 Å². The van der Waals surface area contributed by atoms with Gasteiger partial charge in [-0.1, -0.05) is 29.8 Å². The van der Waals surface area contributed by atoms with Crippen molar-refractivity contribution in [2.45, 2.75) is 51.6 Å². The number of hydrogen-bond acceptors (Lipinski definition) is 4. The Morgan fingerprint density at radius 3 is 2.92 bits per heavy atom. The number of hydrogen-bond donors (Lipinski definition) is 1. The van der Waals surface area contributed by atoms with Gasteiger partial charge in [0, 0.05) is 43.5 Å². The number of likely N-dealkylation sites (tertiary alicyclic amines) is 1. The molecule has 0 unspecified atom stereocenters. The van der Waals surface area contributed by atoms with Crippen LogP contribution in [0, 0.1) is 6.92 Å². The third-order valence-electron chi connectivity index (χ3n) is 5.61. The largest absolute Gasteiger partial charge is 0.332 e. The normalized spacial score (nSPS) is 20.7. The van der Waals surface area contributed by atoms with Gasteiger partial charge in [-0.3, -0.25) is 4.79 Å². The molecule has 1 aromatic carbocycles. The van der Waals surface area contributed by atoms with Crippen LogP contribution in [0.25, 0.3) is 0 Å². The molecule has 2 aliphatic heterocycles.